The number of hydrogen-bond acceptors (Lipinski definition) is 0. The van der Waals surface area contributed by atoms with Crippen molar-refractivity contribution >= 4 is 24.0 Å². The van der Waals surface area contributed by atoms with Gasteiger partial charge < -0.3 is 0 Å². The van der Waals surface area contributed by atoms with Gasteiger partial charge in [-0.1, -0.05) is 70.1 Å². The smallest absolute Gasteiger partial charge is 0.200 e. The molecule has 1 nitrogen and oxygen atoms in total. The van der Waals surface area contributed by atoms with Gasteiger partial charge in [-0.05, 0) is 71.9 Å². The van der Waals surface area contributed by atoms with E-state index in [1.54, 1.807) is 10.8 Å². The Hall–Kier alpha value is -1.93. The van der Waals surface area contributed by atoms with Crippen molar-refractivity contribution in [2.24, 2.45) is 7.05 Å². The lowest BCUT2D eigenvalue weighted by molar-refractivity contribution is -0.659. The van der Waals surface area contributed by atoms with Crippen LogP contribution in [0.3, 0.4) is 0 Å². The Labute approximate surface area is 190 Å². The molecule has 1 saturated carbocycles. The normalized spacial score (nSPS) is 15.7. The highest BCUT2D eigenvalue weighted by Gasteiger charge is 2.37. The maximum Gasteiger partial charge on any atom is 0.220 e. The zero-order valence-corrected chi connectivity index (χ0v) is 21.9. The van der Waals surface area contributed by atoms with Gasteiger partial charge in [0.15, 0.2) is 6.20 Å². The predicted molar refractivity (Wildman–Crippen MR) is 138 cm³/mol. The topological polar surface area (TPSA) is 3.88 Å². The van der Waals surface area contributed by atoms with Gasteiger partial charge in [-0.2, -0.15) is 0 Å². The Morgan fingerprint density at radius 1 is 0.935 bits per heavy atom. The average Bonchev–Trinajstić information content (AvgIpc) is 3.24. The molecule has 164 valence electrons. The molecule has 0 saturated heterocycles. The van der Waals surface area contributed by atoms with Crippen molar-refractivity contribution in [3.63, 3.8) is 0 Å². The summed E-state index contributed by atoms with van der Waals surface area (Å²) in [5.41, 5.74) is 7.16. The number of pyridine rings is 1. The molecule has 0 spiro atoms. The van der Waals surface area contributed by atoms with Crippen molar-refractivity contribution in [1.29, 1.82) is 0 Å². The van der Waals surface area contributed by atoms with Crippen LogP contribution in [0.2, 0.25) is 18.1 Å². The molecule has 1 fully saturated rings. The van der Waals surface area contributed by atoms with Gasteiger partial charge >= 0.3 is 0 Å². The average molecular weight is 431 g/mol. The highest BCUT2D eigenvalue weighted by atomic mass is 28.3. The Kier molecular flexibility index (Phi) is 5.66. The number of rotatable bonds is 3. The number of nitrogens with zero attached hydrogens (tertiary/aromatic N) is 1. The molecular weight excluding hydrogens is 390 g/mol. The summed E-state index contributed by atoms with van der Waals surface area (Å²) in [7, 11) is 0.640. The Morgan fingerprint density at radius 2 is 1.61 bits per heavy atom. The van der Waals surface area contributed by atoms with Crippen molar-refractivity contribution in [3.8, 4) is 11.3 Å². The van der Waals surface area contributed by atoms with Crippen LogP contribution in [0.1, 0.15) is 69.1 Å². The molecule has 1 aliphatic rings. The van der Waals surface area contributed by atoms with Crippen molar-refractivity contribution < 1.29 is 4.57 Å². The van der Waals surface area contributed by atoms with Crippen LogP contribution in [0, 0.1) is 13.8 Å². The Bertz CT molecular complexity index is 1130. The summed E-state index contributed by atoms with van der Waals surface area (Å²) >= 11 is 0. The van der Waals surface area contributed by atoms with E-state index in [0.29, 0.717) is 5.04 Å². The van der Waals surface area contributed by atoms with Crippen LogP contribution < -0.4 is 9.75 Å². The van der Waals surface area contributed by atoms with Crippen molar-refractivity contribution in [1.82, 2.24) is 0 Å². The van der Waals surface area contributed by atoms with Crippen molar-refractivity contribution in [3.05, 3.63) is 59.3 Å². The first-order valence-corrected chi connectivity index (χ1v) is 15.0. The lowest BCUT2D eigenvalue weighted by Crippen LogP contribution is -2.49. The van der Waals surface area contributed by atoms with E-state index in [1.807, 2.05) is 0 Å². The summed E-state index contributed by atoms with van der Waals surface area (Å²) in [6.07, 6.45) is 7.71. The van der Waals surface area contributed by atoms with Gasteiger partial charge in [0.2, 0.25) is 5.69 Å². The molecule has 2 aromatic carbocycles. The fraction of sp³-hybridized carbons (Fsp3) is 0.483. The standard InChI is InChI=1S/C29H40NSi/c1-20-17-24(22-11-9-10-12-22)19-27(21(20)2)28-26-14-13-25(31(7,8)29(3,4)5)18-23(26)15-16-30(28)6/h13-19,22H,9-12H2,1-8H3/q+1. The molecule has 0 aliphatic heterocycles. The van der Waals surface area contributed by atoms with Gasteiger partial charge in [0.25, 0.3) is 0 Å². The minimum atomic E-state index is -1.56. The molecule has 31 heavy (non-hydrogen) atoms. The zero-order chi connectivity index (χ0) is 22.6. The van der Waals surface area contributed by atoms with Gasteiger partial charge in [-0.3, -0.25) is 0 Å². The third-order valence-electron chi connectivity index (χ3n) is 8.51. The number of hydrogen-bond donors (Lipinski definition) is 0. The van der Waals surface area contributed by atoms with Gasteiger partial charge in [-0.25, -0.2) is 4.57 Å². The van der Waals surface area contributed by atoms with E-state index in [-0.39, 0.29) is 0 Å². The van der Waals surface area contributed by atoms with E-state index in [0.717, 1.165) is 5.92 Å². The van der Waals surface area contributed by atoms with Crippen molar-refractivity contribution in [2.75, 3.05) is 0 Å². The van der Waals surface area contributed by atoms with Crippen LogP contribution >= 0.6 is 0 Å². The lowest BCUT2D eigenvalue weighted by atomic mass is 9.89. The number of fused-ring (bicyclic) bond motifs is 1. The summed E-state index contributed by atoms with van der Waals surface area (Å²) in [6, 6.07) is 14.6. The summed E-state index contributed by atoms with van der Waals surface area (Å²) in [6.45, 7) is 16.8. The first kappa shape index (κ1) is 22.3. The molecular formula is C29H40NSi+. The largest absolute Gasteiger partial charge is 0.220 e. The second-order valence-corrected chi connectivity index (χ2v) is 16.8. The molecule has 0 N–H and O–H groups in total. The molecule has 1 aliphatic carbocycles. The number of aryl methyl sites for hydroxylation is 2. The molecule has 1 aromatic heterocycles. The number of benzene rings is 2. The maximum atomic E-state index is 2.51. The molecule has 0 bridgehead atoms. The lowest BCUT2D eigenvalue weighted by Gasteiger charge is -2.37. The van der Waals surface area contributed by atoms with Crippen LogP contribution in [0.5, 0.6) is 0 Å². The van der Waals surface area contributed by atoms with Crippen LogP contribution in [-0.2, 0) is 7.05 Å². The minimum absolute atomic E-state index is 0.340. The predicted octanol–water partition coefficient (Wildman–Crippen LogP) is 7.32. The quantitative estimate of drug-likeness (QED) is 0.303. The van der Waals surface area contributed by atoms with Gasteiger partial charge in [0.1, 0.15) is 7.05 Å². The molecule has 0 radical (unpaired) electrons. The van der Waals surface area contributed by atoms with Crippen LogP contribution in [0.15, 0.2) is 42.6 Å². The monoisotopic (exact) mass is 430 g/mol. The zero-order valence-electron chi connectivity index (χ0n) is 20.9. The Morgan fingerprint density at radius 3 is 2.26 bits per heavy atom. The Balaban J connectivity index is 1.91. The first-order valence-electron chi connectivity index (χ1n) is 12.0. The van der Waals surface area contributed by atoms with Gasteiger partial charge in [0, 0.05) is 6.07 Å². The van der Waals surface area contributed by atoms with Crippen LogP contribution in [0.25, 0.3) is 22.0 Å². The van der Waals surface area contributed by atoms with E-state index < -0.39 is 8.07 Å². The first-order chi connectivity index (χ1) is 14.5. The maximum absolute atomic E-state index is 2.51. The third kappa shape index (κ3) is 3.88. The van der Waals surface area contributed by atoms with Crippen LogP contribution in [-0.4, -0.2) is 8.07 Å². The van der Waals surface area contributed by atoms with E-state index in [1.165, 1.54) is 58.8 Å². The molecule has 2 heteroatoms. The van der Waals surface area contributed by atoms with Gasteiger partial charge in [-0.15, -0.1) is 0 Å². The fourth-order valence-corrected chi connectivity index (χ4v) is 7.04. The van der Waals surface area contributed by atoms with Gasteiger partial charge in [0.05, 0.1) is 19.0 Å². The highest BCUT2D eigenvalue weighted by molar-refractivity contribution is 6.92. The highest BCUT2D eigenvalue weighted by Crippen LogP contribution is 2.39. The summed E-state index contributed by atoms with van der Waals surface area (Å²) in [5, 5.41) is 4.64. The van der Waals surface area contributed by atoms with E-state index in [2.05, 4.69) is 102 Å². The third-order valence-corrected chi connectivity index (χ3v) is 14.0. The number of aromatic nitrogens is 1. The molecule has 3 aromatic rings. The second-order valence-electron chi connectivity index (χ2n) is 11.4. The molecule has 4 rings (SSSR count). The van der Waals surface area contributed by atoms with Crippen molar-refractivity contribution in [2.45, 2.75) is 84.4 Å². The van der Waals surface area contributed by atoms with Crippen LogP contribution in [0.4, 0.5) is 0 Å². The van der Waals surface area contributed by atoms with E-state index in [4.69, 9.17) is 0 Å². The molecule has 0 unspecified atom stereocenters. The van der Waals surface area contributed by atoms with E-state index in [9.17, 15) is 0 Å². The SMILES string of the molecule is Cc1cc(C2CCCC2)cc(-c2c3ccc([Si](C)(C)C(C)(C)C)cc3cc[n+]2C)c1C. The molecule has 1 heterocycles. The summed E-state index contributed by atoms with van der Waals surface area (Å²) in [5.74, 6) is 0.739. The fourth-order valence-electron chi connectivity index (χ4n) is 5.16. The molecule has 0 amide bonds. The van der Waals surface area contributed by atoms with E-state index >= 15 is 0 Å². The molecule has 0 atom stereocenters. The second kappa shape index (κ2) is 7.88. The summed E-state index contributed by atoms with van der Waals surface area (Å²) in [4.78, 5) is 0. The summed E-state index contributed by atoms with van der Waals surface area (Å²) < 4.78 is 2.33. The minimum Gasteiger partial charge on any atom is -0.200 e.